The lowest BCUT2D eigenvalue weighted by Gasteiger charge is -2.22. The second-order valence-corrected chi connectivity index (χ2v) is 6.56. The van der Waals surface area contributed by atoms with Crippen LogP contribution in [0.4, 0.5) is 4.39 Å². The van der Waals surface area contributed by atoms with E-state index >= 15 is 0 Å². The third kappa shape index (κ3) is 4.94. The lowest BCUT2D eigenvalue weighted by molar-refractivity contribution is 0.293. The van der Waals surface area contributed by atoms with Crippen LogP contribution in [0.3, 0.4) is 0 Å². The highest BCUT2D eigenvalue weighted by Crippen LogP contribution is 2.31. The monoisotopic (exact) mass is 364 g/mol. The van der Waals surface area contributed by atoms with Gasteiger partial charge in [0.2, 0.25) is 0 Å². The number of amidine groups is 1. The van der Waals surface area contributed by atoms with E-state index in [9.17, 15) is 4.39 Å². The van der Waals surface area contributed by atoms with Crippen molar-refractivity contribution in [3.63, 3.8) is 0 Å². The quantitative estimate of drug-likeness (QED) is 0.317. The van der Waals surface area contributed by atoms with Gasteiger partial charge in [0.1, 0.15) is 11.6 Å². The molecule has 1 aromatic carbocycles. The number of halogens is 3. The number of ether oxygens (including phenoxy) is 1. The molecule has 1 aromatic rings. The molecule has 0 bridgehead atoms. The van der Waals surface area contributed by atoms with Gasteiger partial charge in [-0.2, -0.15) is 0 Å². The summed E-state index contributed by atoms with van der Waals surface area (Å²) in [4.78, 5) is 0. The lowest BCUT2D eigenvalue weighted by atomic mass is 9.86. The van der Waals surface area contributed by atoms with Crippen molar-refractivity contribution < 1.29 is 9.13 Å². The van der Waals surface area contributed by atoms with Gasteiger partial charge in [0.15, 0.2) is 0 Å². The molecule has 0 unspecified atom stereocenters. The number of benzene rings is 1. The summed E-state index contributed by atoms with van der Waals surface area (Å²) < 4.78 is 19.5. The molecular formula is C14H19BrClFN2O. The molecule has 0 atom stereocenters. The Balaban J connectivity index is 2.39. The van der Waals surface area contributed by atoms with Crippen LogP contribution in [-0.2, 0) is 0 Å². The smallest absolute Gasteiger partial charge is 0.145 e. The Morgan fingerprint density at radius 1 is 1.45 bits per heavy atom. The molecular weight excluding hydrogens is 347 g/mol. The van der Waals surface area contributed by atoms with E-state index in [1.54, 1.807) is 0 Å². The van der Waals surface area contributed by atoms with Gasteiger partial charge in [-0.05, 0) is 41.3 Å². The van der Waals surface area contributed by atoms with E-state index in [1.807, 2.05) is 13.8 Å². The minimum Gasteiger partial charge on any atom is -0.492 e. The molecule has 0 spiro atoms. The van der Waals surface area contributed by atoms with Gasteiger partial charge in [0.05, 0.1) is 21.9 Å². The molecule has 0 radical (unpaired) electrons. The van der Waals surface area contributed by atoms with Gasteiger partial charge in [-0.1, -0.05) is 25.4 Å². The Bertz CT molecular complexity index is 494. The van der Waals surface area contributed by atoms with E-state index in [0.29, 0.717) is 16.8 Å². The van der Waals surface area contributed by atoms with Crippen LogP contribution in [0.5, 0.6) is 5.75 Å². The second kappa shape index (κ2) is 7.27. The van der Waals surface area contributed by atoms with Gasteiger partial charge in [0.25, 0.3) is 0 Å². The van der Waals surface area contributed by atoms with Crippen molar-refractivity contribution in [1.82, 2.24) is 0 Å². The molecule has 3 N–H and O–H groups in total. The Morgan fingerprint density at radius 3 is 2.70 bits per heavy atom. The van der Waals surface area contributed by atoms with Crippen molar-refractivity contribution in [3.05, 3.63) is 27.4 Å². The topological polar surface area (TPSA) is 59.1 Å². The van der Waals surface area contributed by atoms with Gasteiger partial charge in [-0.25, -0.2) is 4.39 Å². The molecule has 6 heteroatoms. The number of nitrogens with one attached hydrogen (secondary N) is 1. The van der Waals surface area contributed by atoms with Crippen molar-refractivity contribution in [2.75, 3.05) is 6.61 Å². The molecule has 112 valence electrons. The van der Waals surface area contributed by atoms with Crippen molar-refractivity contribution in [1.29, 1.82) is 5.41 Å². The molecule has 0 amide bonds. The van der Waals surface area contributed by atoms with Gasteiger partial charge in [0, 0.05) is 11.5 Å². The van der Waals surface area contributed by atoms with Crippen LogP contribution in [0, 0.1) is 16.6 Å². The van der Waals surface area contributed by atoms with E-state index in [2.05, 4.69) is 15.9 Å². The summed E-state index contributed by atoms with van der Waals surface area (Å²) in [5.74, 6) is 0.140. The largest absolute Gasteiger partial charge is 0.492 e. The van der Waals surface area contributed by atoms with Crippen LogP contribution in [0.2, 0.25) is 5.02 Å². The number of hydrogen-bond donors (Lipinski definition) is 2. The highest BCUT2D eigenvalue weighted by Gasteiger charge is 2.20. The van der Waals surface area contributed by atoms with E-state index in [1.165, 1.54) is 12.1 Å². The van der Waals surface area contributed by atoms with Crippen LogP contribution >= 0.6 is 27.5 Å². The van der Waals surface area contributed by atoms with Crippen LogP contribution in [0.25, 0.3) is 0 Å². The summed E-state index contributed by atoms with van der Waals surface area (Å²) in [5, 5.41) is 7.53. The van der Waals surface area contributed by atoms with Gasteiger partial charge >= 0.3 is 0 Å². The molecule has 0 aromatic heterocycles. The Morgan fingerprint density at radius 2 is 2.10 bits per heavy atom. The zero-order valence-electron chi connectivity index (χ0n) is 11.6. The predicted molar refractivity (Wildman–Crippen MR) is 84.2 cm³/mol. The predicted octanol–water partition coefficient (Wildman–Crippen LogP) is 4.75. The molecule has 20 heavy (non-hydrogen) atoms. The Hall–Kier alpha value is -0.810. The molecule has 0 fully saturated rings. The van der Waals surface area contributed by atoms with Crippen LogP contribution in [0.15, 0.2) is 16.6 Å². The first kappa shape index (κ1) is 17.2. The second-order valence-electron chi connectivity index (χ2n) is 5.30. The van der Waals surface area contributed by atoms with Crippen molar-refractivity contribution >= 4 is 33.4 Å². The van der Waals surface area contributed by atoms with Crippen LogP contribution in [-0.4, -0.2) is 12.4 Å². The van der Waals surface area contributed by atoms with E-state index in [0.717, 1.165) is 19.3 Å². The molecule has 0 saturated heterocycles. The van der Waals surface area contributed by atoms with E-state index in [4.69, 9.17) is 27.5 Å². The van der Waals surface area contributed by atoms with Crippen molar-refractivity contribution in [3.8, 4) is 5.75 Å². The molecule has 0 aliphatic rings. The average Bonchev–Trinajstić information content (AvgIpc) is 2.34. The summed E-state index contributed by atoms with van der Waals surface area (Å²) in [5.41, 5.74) is 5.23. The number of nitrogens with two attached hydrogens (primary N) is 1. The third-order valence-electron chi connectivity index (χ3n) is 3.16. The normalized spacial score (nSPS) is 11.4. The fourth-order valence-electron chi connectivity index (χ4n) is 1.60. The highest BCUT2D eigenvalue weighted by molar-refractivity contribution is 9.10. The van der Waals surface area contributed by atoms with E-state index < -0.39 is 5.82 Å². The molecule has 0 aliphatic heterocycles. The Labute approximate surface area is 132 Å². The minimum atomic E-state index is -0.498. The first-order chi connectivity index (χ1) is 9.24. The average molecular weight is 366 g/mol. The molecule has 1 rings (SSSR count). The summed E-state index contributed by atoms with van der Waals surface area (Å²) in [6.07, 6.45) is 2.52. The van der Waals surface area contributed by atoms with Gasteiger partial charge in [-0.3, -0.25) is 5.41 Å². The van der Waals surface area contributed by atoms with Crippen LogP contribution in [0.1, 0.15) is 33.1 Å². The standard InChI is InChI=1S/C14H19BrClFN2O/c1-14(2,13(18)19)5-3-4-6-20-12-8-11(17)10(16)7-9(12)15/h7-8H,3-6H2,1-2H3,(H3,18,19). The number of unbranched alkanes of at least 4 members (excludes halogenated alkanes) is 1. The first-order valence-corrected chi connectivity index (χ1v) is 7.53. The molecule has 0 aliphatic carbocycles. The first-order valence-electron chi connectivity index (χ1n) is 6.36. The van der Waals surface area contributed by atoms with Gasteiger partial charge in [-0.15, -0.1) is 0 Å². The van der Waals surface area contributed by atoms with E-state index in [-0.39, 0.29) is 16.3 Å². The highest BCUT2D eigenvalue weighted by atomic mass is 79.9. The maximum absolute atomic E-state index is 13.3. The zero-order valence-corrected chi connectivity index (χ0v) is 13.9. The zero-order chi connectivity index (χ0) is 15.3. The summed E-state index contributed by atoms with van der Waals surface area (Å²) >= 11 is 8.94. The maximum atomic E-state index is 13.3. The molecule has 3 nitrogen and oxygen atoms in total. The number of hydrogen-bond acceptors (Lipinski definition) is 2. The lowest BCUT2D eigenvalue weighted by Crippen LogP contribution is -2.30. The Kier molecular flexibility index (Phi) is 6.27. The van der Waals surface area contributed by atoms with Gasteiger partial charge < -0.3 is 10.5 Å². The summed E-state index contributed by atoms with van der Waals surface area (Å²) in [7, 11) is 0. The van der Waals surface area contributed by atoms with Crippen LogP contribution < -0.4 is 10.5 Å². The van der Waals surface area contributed by atoms with Crippen molar-refractivity contribution in [2.24, 2.45) is 11.1 Å². The summed E-state index contributed by atoms with van der Waals surface area (Å²) in [6.45, 7) is 4.37. The fraction of sp³-hybridized carbons (Fsp3) is 0.500. The maximum Gasteiger partial charge on any atom is 0.145 e. The fourth-order valence-corrected chi connectivity index (χ4v) is 2.35. The molecule has 0 heterocycles. The van der Waals surface area contributed by atoms with Crippen molar-refractivity contribution in [2.45, 2.75) is 33.1 Å². The SMILES string of the molecule is CC(C)(CCCCOc1cc(F)c(Cl)cc1Br)C(=N)N. The third-order valence-corrected chi connectivity index (χ3v) is 4.07. The number of rotatable bonds is 7. The summed E-state index contributed by atoms with van der Waals surface area (Å²) in [6, 6.07) is 2.75. The molecule has 0 saturated carbocycles. The minimum absolute atomic E-state index is 0.0624.